The summed E-state index contributed by atoms with van der Waals surface area (Å²) in [5.74, 6) is -0.160. The van der Waals surface area contributed by atoms with Gasteiger partial charge in [0.05, 0.1) is 11.6 Å². The summed E-state index contributed by atoms with van der Waals surface area (Å²) >= 11 is 6.11. The molecular formula is C14H16ClN3O2. The van der Waals surface area contributed by atoms with Crippen molar-refractivity contribution in [3.63, 3.8) is 0 Å². The molecule has 1 spiro atoms. The predicted molar refractivity (Wildman–Crippen MR) is 74.1 cm³/mol. The van der Waals surface area contributed by atoms with Gasteiger partial charge in [0.1, 0.15) is 5.54 Å². The summed E-state index contributed by atoms with van der Waals surface area (Å²) in [4.78, 5) is 29.9. The van der Waals surface area contributed by atoms with Crippen LogP contribution in [0.25, 0.3) is 0 Å². The molecule has 3 amide bonds. The van der Waals surface area contributed by atoms with Crippen LogP contribution in [0.1, 0.15) is 37.7 Å². The Labute approximate surface area is 122 Å². The fraction of sp³-hybridized carbons (Fsp3) is 0.500. The van der Waals surface area contributed by atoms with Gasteiger partial charge in [0.25, 0.3) is 5.91 Å². The lowest BCUT2D eigenvalue weighted by Crippen LogP contribution is -2.50. The zero-order valence-electron chi connectivity index (χ0n) is 11.1. The quantitative estimate of drug-likeness (QED) is 0.852. The monoisotopic (exact) mass is 293 g/mol. The molecule has 0 aromatic carbocycles. The lowest BCUT2D eigenvalue weighted by molar-refractivity contribution is -0.128. The minimum Gasteiger partial charge on any atom is -0.305 e. The largest absolute Gasteiger partial charge is 0.325 e. The van der Waals surface area contributed by atoms with Crippen molar-refractivity contribution in [2.75, 3.05) is 0 Å². The van der Waals surface area contributed by atoms with E-state index in [4.69, 9.17) is 11.6 Å². The van der Waals surface area contributed by atoms with Crippen LogP contribution in [-0.4, -0.2) is 27.4 Å². The van der Waals surface area contributed by atoms with Crippen molar-refractivity contribution in [2.24, 2.45) is 0 Å². The van der Waals surface area contributed by atoms with E-state index in [1.54, 1.807) is 23.4 Å². The third-order valence-corrected chi connectivity index (χ3v) is 4.61. The smallest absolute Gasteiger partial charge is 0.305 e. The molecule has 5 nitrogen and oxygen atoms in total. The second-order valence-electron chi connectivity index (χ2n) is 5.40. The molecule has 0 radical (unpaired) electrons. The molecule has 6 heteroatoms. The van der Waals surface area contributed by atoms with E-state index in [0.29, 0.717) is 11.6 Å². The van der Waals surface area contributed by atoms with E-state index in [1.165, 1.54) is 0 Å². The molecule has 1 aromatic rings. The molecule has 0 bridgehead atoms. The summed E-state index contributed by atoms with van der Waals surface area (Å²) in [7, 11) is 0. The number of hydrogen-bond donors (Lipinski definition) is 1. The second kappa shape index (κ2) is 5.05. The third kappa shape index (κ3) is 2.06. The van der Waals surface area contributed by atoms with Crippen LogP contribution in [0.15, 0.2) is 18.5 Å². The van der Waals surface area contributed by atoms with Gasteiger partial charge in [-0.15, -0.1) is 0 Å². The number of carbonyl (C=O) groups is 2. The van der Waals surface area contributed by atoms with E-state index in [0.717, 1.165) is 37.7 Å². The minimum absolute atomic E-state index is 0.160. The summed E-state index contributed by atoms with van der Waals surface area (Å²) in [5.41, 5.74) is 0.138. The molecule has 1 aliphatic carbocycles. The maximum Gasteiger partial charge on any atom is 0.325 e. The van der Waals surface area contributed by atoms with Crippen molar-refractivity contribution in [1.82, 2.24) is 15.2 Å². The highest BCUT2D eigenvalue weighted by molar-refractivity contribution is 6.31. The highest BCUT2D eigenvalue weighted by Crippen LogP contribution is 2.38. The molecule has 0 unspecified atom stereocenters. The molecule has 2 aliphatic rings. The first-order valence-electron chi connectivity index (χ1n) is 6.85. The number of halogens is 1. The second-order valence-corrected chi connectivity index (χ2v) is 5.81. The highest BCUT2D eigenvalue weighted by Gasteiger charge is 2.52. The highest BCUT2D eigenvalue weighted by atomic mass is 35.5. The lowest BCUT2D eigenvalue weighted by atomic mass is 9.80. The Morgan fingerprint density at radius 2 is 2.05 bits per heavy atom. The fourth-order valence-electron chi connectivity index (χ4n) is 3.16. The summed E-state index contributed by atoms with van der Waals surface area (Å²) in [6.07, 6.45) is 7.72. The predicted octanol–water partition coefficient (Wildman–Crippen LogP) is 2.49. The Morgan fingerprint density at radius 3 is 2.75 bits per heavy atom. The maximum atomic E-state index is 12.2. The first-order valence-corrected chi connectivity index (χ1v) is 7.23. The molecule has 1 aromatic heterocycles. The number of pyridine rings is 1. The molecule has 2 fully saturated rings. The van der Waals surface area contributed by atoms with Crippen molar-refractivity contribution >= 4 is 23.5 Å². The molecule has 0 atom stereocenters. The average molecular weight is 294 g/mol. The molecule has 20 heavy (non-hydrogen) atoms. The standard InChI is InChI=1S/C14H16ClN3O2/c15-11-8-16-7-4-10(11)9-18-13(20)17-12(19)14(18)5-2-1-3-6-14/h4,7-8H,1-3,5-6,9H2,(H,17,19,20). The van der Waals surface area contributed by atoms with Gasteiger partial charge in [0.2, 0.25) is 0 Å². The maximum absolute atomic E-state index is 12.2. The number of urea groups is 1. The van der Waals surface area contributed by atoms with E-state index in [1.807, 2.05) is 0 Å². The summed E-state index contributed by atoms with van der Waals surface area (Å²) < 4.78 is 0. The van der Waals surface area contributed by atoms with Gasteiger partial charge in [-0.05, 0) is 24.5 Å². The van der Waals surface area contributed by atoms with Crippen LogP contribution < -0.4 is 5.32 Å². The molecule has 1 aliphatic heterocycles. The van der Waals surface area contributed by atoms with Gasteiger partial charge < -0.3 is 4.90 Å². The number of hydrogen-bond acceptors (Lipinski definition) is 3. The van der Waals surface area contributed by atoms with Gasteiger partial charge in [-0.1, -0.05) is 30.9 Å². The fourth-order valence-corrected chi connectivity index (χ4v) is 3.34. The Morgan fingerprint density at radius 1 is 1.30 bits per heavy atom. The summed E-state index contributed by atoms with van der Waals surface area (Å²) in [6, 6.07) is 1.47. The Bertz CT molecular complexity index is 555. The topological polar surface area (TPSA) is 62.3 Å². The number of amides is 3. The number of aromatic nitrogens is 1. The van der Waals surface area contributed by atoms with Crippen LogP contribution in [0, 0.1) is 0 Å². The minimum atomic E-state index is -0.679. The van der Waals surface area contributed by atoms with Gasteiger partial charge in [-0.25, -0.2) is 4.79 Å². The number of rotatable bonds is 2. The van der Waals surface area contributed by atoms with Crippen LogP contribution >= 0.6 is 11.6 Å². The summed E-state index contributed by atoms with van der Waals surface area (Å²) in [5, 5.41) is 2.98. The Balaban J connectivity index is 1.91. The normalized spacial score (nSPS) is 21.4. The van der Waals surface area contributed by atoms with Crippen LogP contribution in [0.3, 0.4) is 0 Å². The van der Waals surface area contributed by atoms with Crippen LogP contribution in [0.4, 0.5) is 4.79 Å². The van der Waals surface area contributed by atoms with Crippen LogP contribution in [0.2, 0.25) is 5.02 Å². The van der Waals surface area contributed by atoms with E-state index < -0.39 is 5.54 Å². The lowest BCUT2D eigenvalue weighted by Gasteiger charge is -2.38. The number of nitrogens with one attached hydrogen (secondary N) is 1. The molecule has 106 valence electrons. The molecular weight excluding hydrogens is 278 g/mol. The first-order chi connectivity index (χ1) is 9.63. The zero-order valence-corrected chi connectivity index (χ0v) is 11.8. The SMILES string of the molecule is O=C1NC(=O)C2(CCCCC2)N1Cc1ccncc1Cl. The summed E-state index contributed by atoms with van der Waals surface area (Å²) in [6.45, 7) is 0.346. The van der Waals surface area contributed by atoms with Gasteiger partial charge >= 0.3 is 6.03 Å². The zero-order chi connectivity index (χ0) is 14.2. The van der Waals surface area contributed by atoms with Gasteiger partial charge in [-0.3, -0.25) is 15.1 Å². The van der Waals surface area contributed by atoms with Gasteiger partial charge in [0, 0.05) is 12.4 Å². The molecule has 1 N–H and O–H groups in total. The molecule has 2 heterocycles. The Hall–Kier alpha value is -1.62. The van der Waals surface area contributed by atoms with Crippen molar-refractivity contribution in [1.29, 1.82) is 0 Å². The molecule has 3 rings (SSSR count). The average Bonchev–Trinajstić information content (AvgIpc) is 2.66. The van der Waals surface area contributed by atoms with E-state index >= 15 is 0 Å². The van der Waals surface area contributed by atoms with Gasteiger partial charge in [-0.2, -0.15) is 0 Å². The number of imide groups is 1. The Kier molecular flexibility index (Phi) is 3.38. The molecule has 1 saturated carbocycles. The van der Waals surface area contributed by atoms with Crippen LogP contribution in [-0.2, 0) is 11.3 Å². The van der Waals surface area contributed by atoms with Crippen molar-refractivity contribution < 1.29 is 9.59 Å². The van der Waals surface area contributed by atoms with E-state index in [2.05, 4.69) is 10.3 Å². The van der Waals surface area contributed by atoms with Crippen molar-refractivity contribution in [3.05, 3.63) is 29.0 Å². The number of nitrogens with zero attached hydrogens (tertiary/aromatic N) is 2. The van der Waals surface area contributed by atoms with Crippen molar-refractivity contribution in [2.45, 2.75) is 44.2 Å². The number of carbonyl (C=O) groups excluding carboxylic acids is 2. The van der Waals surface area contributed by atoms with Gasteiger partial charge in [0.15, 0.2) is 0 Å². The molecule has 1 saturated heterocycles. The van der Waals surface area contributed by atoms with E-state index in [9.17, 15) is 9.59 Å². The van der Waals surface area contributed by atoms with Crippen molar-refractivity contribution in [3.8, 4) is 0 Å². The third-order valence-electron chi connectivity index (χ3n) is 4.27. The van der Waals surface area contributed by atoms with E-state index in [-0.39, 0.29) is 11.9 Å². The first kappa shape index (κ1) is 13.4. The van der Waals surface area contributed by atoms with Crippen LogP contribution in [0.5, 0.6) is 0 Å².